The Hall–Kier alpha value is -3.37. The molecule has 2 aromatic carbocycles. The quantitative estimate of drug-likeness (QED) is 0.399. The number of nitriles is 1. The van der Waals surface area contributed by atoms with Gasteiger partial charge in [-0.3, -0.25) is 9.47 Å². The van der Waals surface area contributed by atoms with Gasteiger partial charge in [-0.05, 0) is 93.8 Å². The SMILES string of the molecule is CC(C)(C)OC(=O)N1Cc2cc(Cl)ccc2-n2c(nnc2C2CCC(c3cccc(C#N)c3)CC2)C1. The van der Waals surface area contributed by atoms with Crippen molar-refractivity contribution in [3.05, 3.63) is 75.8 Å². The summed E-state index contributed by atoms with van der Waals surface area (Å²) in [4.78, 5) is 14.7. The summed E-state index contributed by atoms with van der Waals surface area (Å²) in [6.45, 7) is 6.28. The molecule has 0 bridgehead atoms. The molecule has 5 rings (SSSR count). The van der Waals surface area contributed by atoms with Crippen LogP contribution in [0.4, 0.5) is 4.79 Å². The van der Waals surface area contributed by atoms with E-state index < -0.39 is 5.60 Å². The van der Waals surface area contributed by atoms with Crippen molar-refractivity contribution < 1.29 is 9.53 Å². The highest BCUT2D eigenvalue weighted by Crippen LogP contribution is 2.41. The van der Waals surface area contributed by atoms with Crippen molar-refractivity contribution in [3.63, 3.8) is 0 Å². The van der Waals surface area contributed by atoms with Crippen LogP contribution in [-0.2, 0) is 17.8 Å². The number of carbonyl (C=O) groups is 1. The number of benzene rings is 2. The minimum Gasteiger partial charge on any atom is -0.444 e. The van der Waals surface area contributed by atoms with Gasteiger partial charge in [-0.15, -0.1) is 10.2 Å². The Morgan fingerprint density at radius 1 is 1.06 bits per heavy atom. The monoisotopic (exact) mass is 503 g/mol. The Morgan fingerprint density at radius 3 is 2.53 bits per heavy atom. The van der Waals surface area contributed by atoms with Gasteiger partial charge in [-0.25, -0.2) is 4.79 Å². The Morgan fingerprint density at radius 2 is 1.81 bits per heavy atom. The number of carbonyl (C=O) groups excluding carboxylic acids is 1. The molecule has 2 aliphatic rings. The molecule has 0 radical (unpaired) electrons. The average molecular weight is 504 g/mol. The molecule has 0 spiro atoms. The van der Waals surface area contributed by atoms with E-state index in [4.69, 9.17) is 16.3 Å². The molecular weight excluding hydrogens is 474 g/mol. The van der Waals surface area contributed by atoms with E-state index >= 15 is 0 Å². The largest absolute Gasteiger partial charge is 0.444 e. The molecule has 36 heavy (non-hydrogen) atoms. The van der Waals surface area contributed by atoms with Gasteiger partial charge in [0.2, 0.25) is 0 Å². The highest BCUT2D eigenvalue weighted by atomic mass is 35.5. The predicted molar refractivity (Wildman–Crippen MR) is 137 cm³/mol. The molecule has 3 aromatic rings. The summed E-state index contributed by atoms with van der Waals surface area (Å²) in [6, 6.07) is 16.0. The van der Waals surface area contributed by atoms with E-state index in [9.17, 15) is 10.1 Å². The number of ether oxygens (including phenoxy) is 1. The Balaban J connectivity index is 1.43. The highest BCUT2D eigenvalue weighted by Gasteiger charge is 2.33. The van der Waals surface area contributed by atoms with Crippen LogP contribution in [0.5, 0.6) is 0 Å². The zero-order valence-electron chi connectivity index (χ0n) is 20.9. The standard InChI is InChI=1S/C28H30ClN5O2/c1-28(2,3)36-27(35)33-16-22-14-23(29)11-12-24(22)34-25(17-33)31-32-26(34)20-9-7-19(8-10-20)21-6-4-5-18(13-21)15-30/h4-6,11-14,19-20H,7-10,16-17H2,1-3H3. The maximum absolute atomic E-state index is 13.0. The normalized spacial score (nSPS) is 19.6. The first-order valence-electron chi connectivity index (χ1n) is 12.4. The van der Waals surface area contributed by atoms with E-state index in [1.165, 1.54) is 5.56 Å². The van der Waals surface area contributed by atoms with Gasteiger partial charge in [0, 0.05) is 10.9 Å². The van der Waals surface area contributed by atoms with Crippen LogP contribution in [0.3, 0.4) is 0 Å². The molecule has 0 saturated heterocycles. The lowest BCUT2D eigenvalue weighted by Gasteiger charge is -2.29. The van der Waals surface area contributed by atoms with Gasteiger partial charge in [0.1, 0.15) is 11.4 Å². The molecule has 2 heterocycles. The summed E-state index contributed by atoms with van der Waals surface area (Å²) >= 11 is 6.35. The fourth-order valence-electron chi connectivity index (χ4n) is 5.29. The lowest BCUT2D eigenvalue weighted by Crippen LogP contribution is -2.35. The highest BCUT2D eigenvalue weighted by molar-refractivity contribution is 6.30. The molecule has 0 unspecified atom stereocenters. The molecule has 1 aromatic heterocycles. The summed E-state index contributed by atoms with van der Waals surface area (Å²) in [5, 5.41) is 19.1. The topological polar surface area (TPSA) is 84.0 Å². The van der Waals surface area contributed by atoms with Gasteiger partial charge in [0.05, 0.1) is 30.4 Å². The van der Waals surface area contributed by atoms with Gasteiger partial charge in [0.15, 0.2) is 5.82 Å². The molecule has 1 amide bonds. The van der Waals surface area contributed by atoms with E-state index in [2.05, 4.69) is 26.9 Å². The molecule has 0 atom stereocenters. The van der Waals surface area contributed by atoms with Crippen molar-refractivity contribution in [2.24, 2.45) is 0 Å². The summed E-state index contributed by atoms with van der Waals surface area (Å²) in [5.41, 5.74) is 3.26. The molecule has 1 aliphatic carbocycles. The maximum Gasteiger partial charge on any atom is 0.411 e. The molecule has 1 fully saturated rings. The molecular formula is C28H30ClN5O2. The summed E-state index contributed by atoms with van der Waals surface area (Å²) in [6.07, 6.45) is 3.64. The summed E-state index contributed by atoms with van der Waals surface area (Å²) in [7, 11) is 0. The van der Waals surface area contributed by atoms with Crippen LogP contribution in [0.15, 0.2) is 42.5 Å². The van der Waals surface area contributed by atoms with E-state index in [0.717, 1.165) is 48.6 Å². The average Bonchev–Trinajstić information content (AvgIpc) is 3.18. The Labute approximate surface area is 216 Å². The number of halogens is 1. The Bertz CT molecular complexity index is 1330. The van der Waals surface area contributed by atoms with E-state index in [1.54, 1.807) is 4.90 Å². The third kappa shape index (κ3) is 4.96. The zero-order valence-corrected chi connectivity index (χ0v) is 21.6. The van der Waals surface area contributed by atoms with Crippen LogP contribution in [0, 0.1) is 11.3 Å². The summed E-state index contributed by atoms with van der Waals surface area (Å²) < 4.78 is 7.79. The van der Waals surface area contributed by atoms with E-state index in [-0.39, 0.29) is 12.0 Å². The number of hydrogen-bond acceptors (Lipinski definition) is 5. The van der Waals surface area contributed by atoms with Crippen molar-refractivity contribution in [1.82, 2.24) is 19.7 Å². The van der Waals surface area contributed by atoms with Crippen molar-refractivity contribution in [2.75, 3.05) is 0 Å². The first kappa shape index (κ1) is 24.3. The lowest BCUT2D eigenvalue weighted by molar-refractivity contribution is 0.0214. The predicted octanol–water partition coefficient (Wildman–Crippen LogP) is 6.48. The molecule has 7 nitrogen and oxygen atoms in total. The number of nitrogens with zero attached hydrogens (tertiary/aromatic N) is 5. The first-order valence-corrected chi connectivity index (χ1v) is 12.8. The van der Waals surface area contributed by atoms with Crippen LogP contribution >= 0.6 is 11.6 Å². The van der Waals surface area contributed by atoms with Crippen LogP contribution < -0.4 is 0 Å². The fourth-order valence-corrected chi connectivity index (χ4v) is 5.49. The molecule has 0 N–H and O–H groups in total. The van der Waals surface area contributed by atoms with Crippen molar-refractivity contribution >= 4 is 17.7 Å². The zero-order chi connectivity index (χ0) is 25.4. The molecule has 8 heteroatoms. The second-order valence-corrected chi connectivity index (χ2v) is 11.1. The second kappa shape index (κ2) is 9.59. The van der Waals surface area contributed by atoms with Gasteiger partial charge in [0.25, 0.3) is 0 Å². The fraction of sp³-hybridized carbons (Fsp3) is 0.429. The second-order valence-electron chi connectivity index (χ2n) is 10.7. The minimum atomic E-state index is -0.592. The summed E-state index contributed by atoms with van der Waals surface area (Å²) in [5.74, 6) is 2.36. The lowest BCUT2D eigenvalue weighted by atomic mass is 9.78. The maximum atomic E-state index is 13.0. The third-order valence-electron chi connectivity index (χ3n) is 6.96. The van der Waals surface area contributed by atoms with Crippen LogP contribution in [0.2, 0.25) is 5.02 Å². The number of fused-ring (bicyclic) bond motifs is 3. The Kier molecular flexibility index (Phi) is 6.48. The molecule has 186 valence electrons. The third-order valence-corrected chi connectivity index (χ3v) is 7.20. The van der Waals surface area contributed by atoms with Gasteiger partial charge >= 0.3 is 6.09 Å². The smallest absolute Gasteiger partial charge is 0.411 e. The van der Waals surface area contributed by atoms with Crippen molar-refractivity contribution in [2.45, 2.75) is 77.0 Å². The number of rotatable bonds is 2. The van der Waals surface area contributed by atoms with Gasteiger partial charge in [-0.1, -0.05) is 23.7 Å². The minimum absolute atomic E-state index is 0.262. The number of amides is 1. The van der Waals surface area contributed by atoms with E-state index in [1.807, 2.05) is 57.2 Å². The van der Waals surface area contributed by atoms with Crippen LogP contribution in [-0.4, -0.2) is 31.4 Å². The van der Waals surface area contributed by atoms with Gasteiger partial charge in [-0.2, -0.15) is 5.26 Å². The molecule has 1 saturated carbocycles. The van der Waals surface area contributed by atoms with Gasteiger partial charge < -0.3 is 4.74 Å². The molecule has 1 aliphatic heterocycles. The first-order chi connectivity index (χ1) is 17.2. The number of aromatic nitrogens is 3. The van der Waals surface area contributed by atoms with Crippen LogP contribution in [0.25, 0.3) is 5.69 Å². The van der Waals surface area contributed by atoms with Crippen molar-refractivity contribution in [3.8, 4) is 11.8 Å². The van der Waals surface area contributed by atoms with Crippen LogP contribution in [0.1, 0.15) is 86.6 Å². The van der Waals surface area contributed by atoms with Crippen molar-refractivity contribution in [1.29, 1.82) is 5.26 Å². The van der Waals surface area contributed by atoms with E-state index in [0.29, 0.717) is 29.6 Å². The number of hydrogen-bond donors (Lipinski definition) is 0.